The van der Waals surface area contributed by atoms with Gasteiger partial charge in [0.2, 0.25) is 11.8 Å². The minimum atomic E-state index is -0.894. The fourth-order valence-electron chi connectivity index (χ4n) is 2.45. The van der Waals surface area contributed by atoms with Crippen LogP contribution >= 0.6 is 11.8 Å². The maximum Gasteiger partial charge on any atom is 0.307 e. The number of thioether (sulfide) groups is 1. The average Bonchev–Trinajstić information content (AvgIpc) is 3.11. The first-order valence-corrected chi connectivity index (χ1v) is 9.58. The molecule has 0 bridgehead atoms. The van der Waals surface area contributed by atoms with Crippen molar-refractivity contribution in [2.24, 2.45) is 0 Å². The lowest BCUT2D eigenvalue weighted by atomic mass is 10.1. The topological polar surface area (TPSA) is 105 Å². The number of aryl methyl sites for hydroxylation is 1. The molecule has 0 aliphatic rings. The summed E-state index contributed by atoms with van der Waals surface area (Å²) in [6.45, 7) is 2.03. The largest absolute Gasteiger partial charge is 0.481 e. The Morgan fingerprint density at radius 2 is 1.71 bits per heavy atom. The van der Waals surface area contributed by atoms with Crippen LogP contribution in [0, 0.1) is 6.92 Å². The molecule has 0 aliphatic carbocycles. The molecule has 2 aromatic carbocycles. The van der Waals surface area contributed by atoms with Gasteiger partial charge in [-0.05, 0) is 30.2 Å². The number of benzene rings is 2. The maximum absolute atomic E-state index is 12.1. The number of amides is 1. The van der Waals surface area contributed by atoms with Crippen LogP contribution in [0.2, 0.25) is 0 Å². The number of hydrogen-bond acceptors (Lipinski definition) is 6. The molecule has 0 aliphatic heterocycles. The van der Waals surface area contributed by atoms with E-state index in [1.54, 1.807) is 24.3 Å². The molecule has 0 fully saturated rings. The van der Waals surface area contributed by atoms with Crippen LogP contribution in [0.3, 0.4) is 0 Å². The number of nitrogens with one attached hydrogen (secondary N) is 1. The van der Waals surface area contributed by atoms with E-state index < -0.39 is 5.97 Å². The van der Waals surface area contributed by atoms with Gasteiger partial charge in [0, 0.05) is 5.69 Å². The molecule has 1 amide bonds. The third kappa shape index (κ3) is 5.95. The number of rotatable bonds is 8. The molecule has 0 unspecified atom stereocenters. The minimum absolute atomic E-state index is 0.0494. The first-order valence-electron chi connectivity index (χ1n) is 8.59. The molecule has 2 N–H and O–H groups in total. The summed E-state index contributed by atoms with van der Waals surface area (Å²) in [5.74, 6) is -0.479. The molecule has 0 saturated heterocycles. The lowest BCUT2D eigenvalue weighted by Crippen LogP contribution is -2.14. The van der Waals surface area contributed by atoms with Crippen LogP contribution in [-0.4, -0.2) is 32.9 Å². The Bertz CT molecular complexity index is 952. The number of hydrogen-bond donors (Lipinski definition) is 2. The number of carbonyl (C=O) groups excluding carboxylic acids is 1. The monoisotopic (exact) mass is 397 g/mol. The van der Waals surface area contributed by atoms with Crippen molar-refractivity contribution in [2.75, 3.05) is 11.1 Å². The van der Waals surface area contributed by atoms with Crippen molar-refractivity contribution in [3.8, 4) is 0 Å². The van der Waals surface area contributed by atoms with Crippen LogP contribution in [0.15, 0.2) is 58.2 Å². The Hall–Kier alpha value is -3.13. The van der Waals surface area contributed by atoms with Crippen molar-refractivity contribution in [2.45, 2.75) is 25.0 Å². The predicted molar refractivity (Wildman–Crippen MR) is 105 cm³/mol. The number of carboxylic acid groups (broad SMARTS) is 1. The molecule has 1 aromatic heterocycles. The number of carboxylic acids is 1. The predicted octanol–water partition coefficient (Wildman–Crippen LogP) is 3.33. The highest BCUT2D eigenvalue weighted by atomic mass is 32.2. The number of aromatic nitrogens is 2. The van der Waals surface area contributed by atoms with Crippen molar-refractivity contribution in [3.63, 3.8) is 0 Å². The fourth-order valence-corrected chi connectivity index (χ4v) is 3.03. The van der Waals surface area contributed by atoms with E-state index in [0.717, 1.165) is 17.3 Å². The summed E-state index contributed by atoms with van der Waals surface area (Å²) in [6.07, 6.45) is 0.495. The van der Waals surface area contributed by atoms with Crippen molar-refractivity contribution in [1.82, 2.24) is 10.2 Å². The van der Waals surface area contributed by atoms with Crippen molar-refractivity contribution in [3.05, 3.63) is 71.1 Å². The van der Waals surface area contributed by atoms with Gasteiger partial charge in [-0.15, -0.1) is 10.2 Å². The number of carbonyl (C=O) groups is 2. The second-order valence-electron chi connectivity index (χ2n) is 6.23. The standard InChI is InChI=1S/C20H19N3O4S/c1-13-2-4-14(5-3-13)10-18-22-23-20(27-18)28-12-17(24)21-16-8-6-15(7-9-16)11-19(25)26/h2-9H,10-12H2,1H3,(H,21,24)(H,25,26). The highest BCUT2D eigenvalue weighted by Gasteiger charge is 2.11. The van der Waals surface area contributed by atoms with Gasteiger partial charge in [-0.3, -0.25) is 9.59 Å². The van der Waals surface area contributed by atoms with Gasteiger partial charge in [0.25, 0.3) is 5.22 Å². The van der Waals surface area contributed by atoms with Gasteiger partial charge in [0.15, 0.2) is 0 Å². The maximum atomic E-state index is 12.1. The van der Waals surface area contributed by atoms with Gasteiger partial charge in [-0.1, -0.05) is 53.7 Å². The van der Waals surface area contributed by atoms with Crippen molar-refractivity contribution in [1.29, 1.82) is 0 Å². The third-order valence-corrected chi connectivity index (χ3v) is 4.66. The lowest BCUT2D eigenvalue weighted by Gasteiger charge is -2.05. The quantitative estimate of drug-likeness (QED) is 0.562. The molecule has 0 atom stereocenters. The Balaban J connectivity index is 1.47. The zero-order valence-corrected chi connectivity index (χ0v) is 16.0. The van der Waals surface area contributed by atoms with Gasteiger partial charge >= 0.3 is 5.97 Å². The van der Waals surface area contributed by atoms with E-state index in [2.05, 4.69) is 15.5 Å². The van der Waals surface area contributed by atoms with E-state index >= 15 is 0 Å². The molecule has 7 nitrogen and oxygen atoms in total. The van der Waals surface area contributed by atoms with E-state index in [1.807, 2.05) is 31.2 Å². The highest BCUT2D eigenvalue weighted by Crippen LogP contribution is 2.19. The second kappa shape index (κ2) is 9.18. The Morgan fingerprint density at radius 1 is 1.04 bits per heavy atom. The summed E-state index contributed by atoms with van der Waals surface area (Å²) < 4.78 is 5.58. The first kappa shape index (κ1) is 19.6. The molecule has 3 aromatic rings. The van der Waals surface area contributed by atoms with Crippen molar-refractivity contribution < 1.29 is 19.1 Å². The SMILES string of the molecule is Cc1ccc(Cc2nnc(SCC(=O)Nc3ccc(CC(=O)O)cc3)o2)cc1. The summed E-state index contributed by atoms with van der Waals surface area (Å²) in [4.78, 5) is 22.7. The Morgan fingerprint density at radius 3 is 2.39 bits per heavy atom. The van der Waals surface area contributed by atoms with Crippen LogP contribution in [0.4, 0.5) is 5.69 Å². The van der Waals surface area contributed by atoms with E-state index in [9.17, 15) is 9.59 Å². The zero-order valence-electron chi connectivity index (χ0n) is 15.2. The van der Waals surface area contributed by atoms with Crippen LogP contribution < -0.4 is 5.32 Å². The summed E-state index contributed by atoms with van der Waals surface area (Å²) in [5.41, 5.74) is 3.54. The Labute approximate surface area is 166 Å². The van der Waals surface area contributed by atoms with Crippen LogP contribution in [-0.2, 0) is 22.4 Å². The van der Waals surface area contributed by atoms with Gasteiger partial charge in [-0.25, -0.2) is 0 Å². The van der Waals surface area contributed by atoms with E-state index in [4.69, 9.17) is 9.52 Å². The summed E-state index contributed by atoms with van der Waals surface area (Å²) >= 11 is 1.16. The summed E-state index contributed by atoms with van der Waals surface area (Å²) in [5, 5.41) is 19.8. The molecular weight excluding hydrogens is 378 g/mol. The minimum Gasteiger partial charge on any atom is -0.481 e. The average molecular weight is 397 g/mol. The van der Waals surface area contributed by atoms with Crippen molar-refractivity contribution >= 4 is 29.3 Å². The number of nitrogens with zero attached hydrogens (tertiary/aromatic N) is 2. The van der Waals surface area contributed by atoms with E-state index in [-0.39, 0.29) is 18.1 Å². The molecular formula is C20H19N3O4S. The summed E-state index contributed by atoms with van der Waals surface area (Å²) in [6, 6.07) is 14.8. The van der Waals surface area contributed by atoms with E-state index in [0.29, 0.717) is 28.8 Å². The summed E-state index contributed by atoms with van der Waals surface area (Å²) in [7, 11) is 0. The van der Waals surface area contributed by atoms with Gasteiger partial charge in [-0.2, -0.15) is 0 Å². The molecule has 0 saturated carbocycles. The fraction of sp³-hybridized carbons (Fsp3) is 0.200. The molecule has 0 radical (unpaired) electrons. The zero-order chi connectivity index (χ0) is 19.9. The first-order chi connectivity index (χ1) is 13.5. The van der Waals surface area contributed by atoms with Crippen LogP contribution in [0.5, 0.6) is 0 Å². The van der Waals surface area contributed by atoms with Gasteiger partial charge < -0.3 is 14.8 Å². The third-order valence-electron chi connectivity index (χ3n) is 3.84. The number of anilines is 1. The highest BCUT2D eigenvalue weighted by molar-refractivity contribution is 7.99. The Kier molecular flexibility index (Phi) is 6.44. The normalized spacial score (nSPS) is 10.6. The van der Waals surface area contributed by atoms with Gasteiger partial charge in [0.05, 0.1) is 18.6 Å². The second-order valence-corrected chi connectivity index (χ2v) is 7.15. The molecule has 1 heterocycles. The molecule has 3 rings (SSSR count). The number of aliphatic carboxylic acids is 1. The van der Waals surface area contributed by atoms with Gasteiger partial charge in [0.1, 0.15) is 0 Å². The molecule has 8 heteroatoms. The molecule has 0 spiro atoms. The lowest BCUT2D eigenvalue weighted by molar-refractivity contribution is -0.136. The van der Waals surface area contributed by atoms with E-state index in [1.165, 1.54) is 5.56 Å². The van der Waals surface area contributed by atoms with Crippen LogP contribution in [0.25, 0.3) is 0 Å². The molecule has 28 heavy (non-hydrogen) atoms. The molecule has 144 valence electrons. The smallest absolute Gasteiger partial charge is 0.307 e. The van der Waals surface area contributed by atoms with Crippen LogP contribution in [0.1, 0.15) is 22.6 Å².